The Hall–Kier alpha value is -2.30. The number of nitrogens with zero attached hydrogens (tertiary/aromatic N) is 2. The van der Waals surface area contributed by atoms with Crippen molar-refractivity contribution in [1.29, 1.82) is 0 Å². The zero-order chi connectivity index (χ0) is 16.4. The first-order valence-corrected chi connectivity index (χ1v) is 7.64. The van der Waals surface area contributed by atoms with Gasteiger partial charge < -0.3 is 9.84 Å². The fourth-order valence-electron chi connectivity index (χ4n) is 2.35. The smallest absolute Gasteiger partial charge is 0.119 e. The first kappa shape index (κ1) is 15.6. The van der Waals surface area contributed by atoms with Crippen LogP contribution in [0, 0.1) is 0 Å². The number of ether oxygens (including phenoxy) is 1. The van der Waals surface area contributed by atoms with Gasteiger partial charge in [-0.05, 0) is 49.4 Å². The van der Waals surface area contributed by atoms with Gasteiger partial charge in [0.1, 0.15) is 5.75 Å². The van der Waals surface area contributed by atoms with Crippen LogP contribution in [-0.2, 0) is 0 Å². The molecule has 1 unspecified atom stereocenters. The molecule has 1 atom stereocenters. The predicted molar refractivity (Wildman–Crippen MR) is 91.2 cm³/mol. The molecule has 0 radical (unpaired) electrons. The Morgan fingerprint density at radius 1 is 1.09 bits per heavy atom. The average Bonchev–Trinajstić information content (AvgIpc) is 3.01. The van der Waals surface area contributed by atoms with Crippen LogP contribution in [0.1, 0.15) is 18.7 Å². The van der Waals surface area contributed by atoms with Crippen molar-refractivity contribution in [2.24, 2.45) is 0 Å². The number of hydrogen-bond donors (Lipinski definition) is 1. The van der Waals surface area contributed by atoms with Crippen molar-refractivity contribution in [3.05, 3.63) is 65.3 Å². The van der Waals surface area contributed by atoms with Gasteiger partial charge in [-0.2, -0.15) is 5.10 Å². The lowest BCUT2D eigenvalue weighted by molar-refractivity contribution is 0.193. The molecule has 5 heteroatoms. The van der Waals surface area contributed by atoms with E-state index in [-0.39, 0.29) is 0 Å². The van der Waals surface area contributed by atoms with E-state index in [0.717, 1.165) is 22.7 Å². The van der Waals surface area contributed by atoms with Gasteiger partial charge >= 0.3 is 0 Å². The van der Waals surface area contributed by atoms with Crippen LogP contribution in [0.5, 0.6) is 5.75 Å². The van der Waals surface area contributed by atoms with Crippen molar-refractivity contribution in [2.75, 3.05) is 7.11 Å². The summed E-state index contributed by atoms with van der Waals surface area (Å²) in [6.07, 6.45) is -0.638. The molecule has 0 aliphatic heterocycles. The molecule has 0 spiro atoms. The third-order valence-corrected chi connectivity index (χ3v) is 3.87. The minimum absolute atomic E-state index is 0.616. The summed E-state index contributed by atoms with van der Waals surface area (Å²) in [6.45, 7) is 1.70. The molecule has 1 heterocycles. The van der Waals surface area contributed by atoms with Crippen molar-refractivity contribution < 1.29 is 9.84 Å². The highest BCUT2D eigenvalue weighted by molar-refractivity contribution is 6.30. The normalized spacial score (nSPS) is 12.2. The van der Waals surface area contributed by atoms with E-state index in [4.69, 9.17) is 16.3 Å². The number of benzene rings is 2. The first-order valence-electron chi connectivity index (χ1n) is 7.27. The molecule has 23 heavy (non-hydrogen) atoms. The Labute approximate surface area is 139 Å². The molecule has 1 aromatic heterocycles. The average molecular weight is 329 g/mol. The van der Waals surface area contributed by atoms with Crippen LogP contribution < -0.4 is 4.74 Å². The number of methoxy groups -OCH3 is 1. The Bertz CT molecular complexity index is 793. The third-order valence-electron chi connectivity index (χ3n) is 3.61. The Balaban J connectivity index is 2.12. The van der Waals surface area contributed by atoms with E-state index >= 15 is 0 Å². The van der Waals surface area contributed by atoms with Crippen molar-refractivity contribution >= 4 is 11.6 Å². The quantitative estimate of drug-likeness (QED) is 0.778. The molecular formula is C18H17ClN2O2. The molecule has 3 rings (SSSR count). The van der Waals surface area contributed by atoms with E-state index in [1.165, 1.54) is 0 Å². The zero-order valence-electron chi connectivity index (χ0n) is 12.9. The summed E-state index contributed by atoms with van der Waals surface area (Å²) < 4.78 is 7.00. The van der Waals surface area contributed by atoms with Gasteiger partial charge in [0.05, 0.1) is 30.3 Å². The molecule has 0 saturated heterocycles. The van der Waals surface area contributed by atoms with Crippen LogP contribution in [-0.4, -0.2) is 22.0 Å². The molecule has 4 nitrogen and oxygen atoms in total. The lowest BCUT2D eigenvalue weighted by atomic mass is 10.1. The molecule has 0 saturated carbocycles. The maximum absolute atomic E-state index is 9.86. The van der Waals surface area contributed by atoms with Crippen molar-refractivity contribution in [2.45, 2.75) is 13.0 Å². The summed E-state index contributed by atoms with van der Waals surface area (Å²) in [5, 5.41) is 15.1. The van der Waals surface area contributed by atoms with Crippen LogP contribution in [0.25, 0.3) is 16.9 Å². The molecular weight excluding hydrogens is 312 g/mol. The van der Waals surface area contributed by atoms with Crippen molar-refractivity contribution in [3.63, 3.8) is 0 Å². The van der Waals surface area contributed by atoms with E-state index in [0.29, 0.717) is 10.7 Å². The van der Waals surface area contributed by atoms with Gasteiger partial charge in [-0.3, -0.25) is 0 Å². The molecule has 118 valence electrons. The standard InChI is InChI=1S/C18H17ClN2O2/c1-12(22)17-11-18(13-3-5-14(19)6-4-13)21(20-17)15-7-9-16(23-2)10-8-15/h3-12,22H,1-2H3. The van der Waals surface area contributed by atoms with Crippen LogP contribution in [0.2, 0.25) is 5.02 Å². The number of halogens is 1. The second-order valence-corrected chi connectivity index (χ2v) is 5.68. The largest absolute Gasteiger partial charge is 0.497 e. The van der Waals surface area contributed by atoms with Gasteiger partial charge in [0, 0.05) is 10.6 Å². The van der Waals surface area contributed by atoms with Crippen molar-refractivity contribution in [1.82, 2.24) is 9.78 Å². The van der Waals surface area contributed by atoms with E-state index in [9.17, 15) is 5.11 Å². The van der Waals surface area contributed by atoms with Gasteiger partial charge in [0.15, 0.2) is 0 Å². The molecule has 0 aliphatic rings. The number of aliphatic hydroxyl groups is 1. The molecule has 0 aliphatic carbocycles. The number of hydrogen-bond acceptors (Lipinski definition) is 3. The lowest BCUT2D eigenvalue weighted by Crippen LogP contribution is -2.00. The minimum atomic E-state index is -0.638. The topological polar surface area (TPSA) is 47.3 Å². The maximum atomic E-state index is 9.86. The minimum Gasteiger partial charge on any atom is -0.497 e. The maximum Gasteiger partial charge on any atom is 0.119 e. The third kappa shape index (κ3) is 3.23. The highest BCUT2D eigenvalue weighted by atomic mass is 35.5. The molecule has 2 aromatic carbocycles. The molecule has 1 N–H and O–H groups in total. The van der Waals surface area contributed by atoms with E-state index in [1.807, 2.05) is 59.3 Å². The molecule has 0 fully saturated rings. The summed E-state index contributed by atoms with van der Waals surface area (Å²) >= 11 is 5.97. The second-order valence-electron chi connectivity index (χ2n) is 5.25. The Kier molecular flexibility index (Phi) is 4.37. The zero-order valence-corrected chi connectivity index (χ0v) is 13.7. The van der Waals surface area contributed by atoms with Crippen LogP contribution in [0.3, 0.4) is 0 Å². The van der Waals surface area contributed by atoms with Gasteiger partial charge in [0.2, 0.25) is 0 Å². The van der Waals surface area contributed by atoms with Crippen LogP contribution >= 0.6 is 11.6 Å². The van der Waals surface area contributed by atoms with Crippen molar-refractivity contribution in [3.8, 4) is 22.7 Å². The number of aromatic nitrogens is 2. The highest BCUT2D eigenvalue weighted by Gasteiger charge is 2.14. The highest BCUT2D eigenvalue weighted by Crippen LogP contribution is 2.28. The van der Waals surface area contributed by atoms with E-state index in [2.05, 4.69) is 5.10 Å². The predicted octanol–water partition coefficient (Wildman–Crippen LogP) is 4.25. The summed E-state index contributed by atoms with van der Waals surface area (Å²) in [5.41, 5.74) is 3.38. The van der Waals surface area contributed by atoms with Crippen LogP contribution in [0.15, 0.2) is 54.6 Å². The molecule has 0 bridgehead atoms. The van der Waals surface area contributed by atoms with Crippen LogP contribution in [0.4, 0.5) is 0 Å². The van der Waals surface area contributed by atoms with Gasteiger partial charge in [0.25, 0.3) is 0 Å². The van der Waals surface area contributed by atoms with Gasteiger partial charge in [-0.1, -0.05) is 23.7 Å². The summed E-state index contributed by atoms with van der Waals surface area (Å²) in [5.74, 6) is 0.782. The first-order chi connectivity index (χ1) is 11.1. The second kappa shape index (κ2) is 6.44. The fourth-order valence-corrected chi connectivity index (χ4v) is 2.48. The van der Waals surface area contributed by atoms with Gasteiger partial charge in [-0.25, -0.2) is 4.68 Å². The molecule has 3 aromatic rings. The Morgan fingerprint density at radius 3 is 2.30 bits per heavy atom. The summed E-state index contributed by atoms with van der Waals surface area (Å²) in [6, 6.07) is 17.0. The monoisotopic (exact) mass is 328 g/mol. The SMILES string of the molecule is COc1ccc(-n2nc(C(C)O)cc2-c2ccc(Cl)cc2)cc1. The number of rotatable bonds is 4. The lowest BCUT2D eigenvalue weighted by Gasteiger charge is -2.08. The number of aliphatic hydroxyl groups excluding tert-OH is 1. The fraction of sp³-hybridized carbons (Fsp3) is 0.167. The summed E-state index contributed by atoms with van der Waals surface area (Å²) in [4.78, 5) is 0. The van der Waals surface area contributed by atoms with E-state index in [1.54, 1.807) is 14.0 Å². The van der Waals surface area contributed by atoms with Gasteiger partial charge in [-0.15, -0.1) is 0 Å². The Morgan fingerprint density at radius 2 is 1.74 bits per heavy atom. The molecule has 0 amide bonds. The summed E-state index contributed by atoms with van der Waals surface area (Å²) in [7, 11) is 1.63. The van der Waals surface area contributed by atoms with E-state index < -0.39 is 6.10 Å².